The zero-order valence-corrected chi connectivity index (χ0v) is 10.5. The smallest absolute Gasteiger partial charge is 0.273 e. The van der Waals surface area contributed by atoms with Crippen LogP contribution in [0.4, 0.5) is 0 Å². The van der Waals surface area contributed by atoms with Crippen molar-refractivity contribution < 1.29 is 14.1 Å². The number of nitrogens with one attached hydrogen (secondary N) is 2. The molecule has 0 fully saturated rings. The summed E-state index contributed by atoms with van der Waals surface area (Å²) in [5.41, 5.74) is 0.256. The lowest BCUT2D eigenvalue weighted by atomic mass is 10.3. The molecular weight excluding hydrogens is 250 g/mol. The van der Waals surface area contributed by atoms with Gasteiger partial charge in [0.1, 0.15) is 18.8 Å². The maximum Gasteiger partial charge on any atom is 0.273 e. The molecule has 0 radical (unpaired) electrons. The predicted molar refractivity (Wildman–Crippen MR) is 64.3 cm³/mol. The van der Waals surface area contributed by atoms with Crippen LogP contribution in [0.25, 0.3) is 0 Å². The van der Waals surface area contributed by atoms with Crippen LogP contribution in [0, 0.1) is 0 Å². The monoisotopic (exact) mass is 265 g/mol. The zero-order valence-electron chi connectivity index (χ0n) is 10.5. The van der Waals surface area contributed by atoms with Crippen LogP contribution < -0.4 is 5.32 Å². The summed E-state index contributed by atoms with van der Waals surface area (Å²) >= 11 is 0. The van der Waals surface area contributed by atoms with Gasteiger partial charge >= 0.3 is 0 Å². The molecule has 2 rings (SSSR count). The molecule has 8 nitrogen and oxygen atoms in total. The van der Waals surface area contributed by atoms with E-state index in [1.165, 1.54) is 6.33 Å². The number of ether oxygens (including phenoxy) is 1. The molecule has 0 saturated carbocycles. The largest absolute Gasteiger partial charge is 0.377 e. The number of aromatic nitrogens is 4. The van der Waals surface area contributed by atoms with Crippen molar-refractivity contribution >= 4 is 5.91 Å². The van der Waals surface area contributed by atoms with Crippen LogP contribution in [-0.4, -0.2) is 39.9 Å². The molecule has 2 aromatic heterocycles. The molecule has 0 unspecified atom stereocenters. The molecule has 102 valence electrons. The lowest BCUT2D eigenvalue weighted by Crippen LogP contribution is -2.25. The Hall–Kier alpha value is -2.22. The van der Waals surface area contributed by atoms with Crippen LogP contribution >= 0.6 is 0 Å². The van der Waals surface area contributed by atoms with Crippen molar-refractivity contribution in [3.8, 4) is 0 Å². The van der Waals surface area contributed by atoms with Gasteiger partial charge in [-0.25, -0.2) is 4.98 Å². The number of aromatic amines is 1. The Morgan fingerprint density at radius 1 is 1.58 bits per heavy atom. The predicted octanol–water partition coefficient (Wildman–Crippen LogP) is 0.302. The van der Waals surface area contributed by atoms with Crippen molar-refractivity contribution in [2.45, 2.75) is 19.4 Å². The maximum absolute atomic E-state index is 11.7. The average Bonchev–Trinajstić information content (AvgIpc) is 3.06. The van der Waals surface area contributed by atoms with Gasteiger partial charge in [-0.05, 0) is 6.42 Å². The van der Waals surface area contributed by atoms with Crippen molar-refractivity contribution in [3.05, 3.63) is 29.7 Å². The number of rotatable bonds is 7. The van der Waals surface area contributed by atoms with Crippen molar-refractivity contribution in [2.24, 2.45) is 0 Å². The topological polar surface area (TPSA) is 106 Å². The highest BCUT2D eigenvalue weighted by atomic mass is 16.5. The third-order valence-electron chi connectivity index (χ3n) is 2.42. The van der Waals surface area contributed by atoms with Gasteiger partial charge in [-0.2, -0.15) is 5.10 Å². The number of hydrogen-bond donors (Lipinski definition) is 2. The number of amides is 1. The molecule has 2 aromatic rings. The van der Waals surface area contributed by atoms with E-state index in [9.17, 15) is 4.79 Å². The van der Waals surface area contributed by atoms with Gasteiger partial charge in [-0.1, -0.05) is 5.16 Å². The van der Waals surface area contributed by atoms with E-state index in [1.54, 1.807) is 13.2 Å². The summed E-state index contributed by atoms with van der Waals surface area (Å²) in [6.45, 7) is 0.831. The van der Waals surface area contributed by atoms with Crippen LogP contribution in [0.15, 0.2) is 16.9 Å². The van der Waals surface area contributed by atoms with Crippen LogP contribution in [-0.2, 0) is 17.8 Å². The van der Waals surface area contributed by atoms with Crippen LogP contribution in [0.1, 0.15) is 28.5 Å². The third kappa shape index (κ3) is 3.88. The van der Waals surface area contributed by atoms with E-state index in [2.05, 4.69) is 25.7 Å². The summed E-state index contributed by atoms with van der Waals surface area (Å²) in [6, 6.07) is 1.56. The van der Waals surface area contributed by atoms with E-state index in [-0.39, 0.29) is 11.6 Å². The molecule has 0 aliphatic heterocycles. The first kappa shape index (κ1) is 13.2. The number of carbonyl (C=O) groups is 1. The highest BCUT2D eigenvalue weighted by molar-refractivity contribution is 5.92. The fourth-order valence-corrected chi connectivity index (χ4v) is 1.53. The molecule has 0 atom stereocenters. The molecule has 0 aliphatic carbocycles. The Labute approximate surface area is 109 Å². The van der Waals surface area contributed by atoms with Gasteiger partial charge in [0.25, 0.3) is 5.91 Å². The maximum atomic E-state index is 11.7. The minimum absolute atomic E-state index is 0.256. The Kier molecular flexibility index (Phi) is 4.62. The summed E-state index contributed by atoms with van der Waals surface area (Å²) in [5, 5.41) is 12.9. The summed E-state index contributed by atoms with van der Waals surface area (Å²) in [5.74, 6) is 1.07. The van der Waals surface area contributed by atoms with Crippen LogP contribution in [0.3, 0.4) is 0 Å². The average molecular weight is 265 g/mol. The van der Waals surface area contributed by atoms with Gasteiger partial charge in [-0.3, -0.25) is 9.89 Å². The Balaban J connectivity index is 1.71. The number of carbonyl (C=O) groups excluding carboxylic acids is 1. The quantitative estimate of drug-likeness (QED) is 0.697. The van der Waals surface area contributed by atoms with Gasteiger partial charge in [0.2, 0.25) is 0 Å². The number of hydrogen-bond acceptors (Lipinski definition) is 6. The van der Waals surface area contributed by atoms with E-state index in [0.717, 1.165) is 18.7 Å². The Bertz CT molecular complexity index is 508. The summed E-state index contributed by atoms with van der Waals surface area (Å²) in [4.78, 5) is 15.7. The third-order valence-corrected chi connectivity index (χ3v) is 2.42. The first-order valence-corrected chi connectivity index (χ1v) is 5.86. The molecule has 2 N–H and O–H groups in total. The highest BCUT2D eigenvalue weighted by Crippen LogP contribution is 2.04. The lowest BCUT2D eigenvalue weighted by Gasteiger charge is -2.00. The number of H-pyrrole nitrogens is 1. The van der Waals surface area contributed by atoms with E-state index in [4.69, 9.17) is 9.26 Å². The number of methoxy groups -OCH3 is 1. The first-order valence-electron chi connectivity index (χ1n) is 5.86. The van der Waals surface area contributed by atoms with Crippen molar-refractivity contribution in [1.29, 1.82) is 0 Å². The Morgan fingerprint density at radius 3 is 3.21 bits per heavy atom. The molecule has 0 saturated heterocycles. The van der Waals surface area contributed by atoms with Gasteiger partial charge < -0.3 is 14.6 Å². The van der Waals surface area contributed by atoms with E-state index in [1.807, 2.05) is 0 Å². The normalized spacial score (nSPS) is 10.6. The molecular formula is C11H15N5O3. The van der Waals surface area contributed by atoms with Crippen LogP contribution in [0.5, 0.6) is 0 Å². The van der Waals surface area contributed by atoms with E-state index in [0.29, 0.717) is 18.9 Å². The fourth-order valence-electron chi connectivity index (χ4n) is 1.53. The van der Waals surface area contributed by atoms with Gasteiger partial charge in [0, 0.05) is 26.1 Å². The second-order valence-corrected chi connectivity index (χ2v) is 3.90. The van der Waals surface area contributed by atoms with Gasteiger partial charge in [-0.15, -0.1) is 0 Å². The second kappa shape index (κ2) is 6.64. The molecule has 8 heteroatoms. The highest BCUT2D eigenvalue weighted by Gasteiger charge is 2.11. The molecule has 0 aromatic carbocycles. The van der Waals surface area contributed by atoms with Gasteiger partial charge in [0.05, 0.1) is 0 Å². The first-order chi connectivity index (χ1) is 9.29. The minimum Gasteiger partial charge on any atom is -0.377 e. The molecule has 0 aliphatic rings. The van der Waals surface area contributed by atoms with Crippen LogP contribution in [0.2, 0.25) is 0 Å². The standard InChI is InChI=1S/C11H15N5O3/c1-18-6-8-5-9(16-19-8)11(17)12-4-2-3-10-13-7-14-15-10/h5,7H,2-4,6H2,1H3,(H,12,17)(H,13,14,15). The van der Waals surface area contributed by atoms with E-state index < -0.39 is 0 Å². The van der Waals surface area contributed by atoms with Crippen molar-refractivity contribution in [1.82, 2.24) is 25.7 Å². The fraction of sp³-hybridized carbons (Fsp3) is 0.455. The van der Waals surface area contributed by atoms with Gasteiger partial charge in [0.15, 0.2) is 11.5 Å². The van der Waals surface area contributed by atoms with Crippen molar-refractivity contribution in [3.63, 3.8) is 0 Å². The summed E-state index contributed by atoms with van der Waals surface area (Å²) in [7, 11) is 1.55. The lowest BCUT2D eigenvalue weighted by molar-refractivity contribution is 0.0943. The zero-order chi connectivity index (χ0) is 13.5. The molecule has 19 heavy (non-hydrogen) atoms. The number of aryl methyl sites for hydroxylation is 1. The van der Waals surface area contributed by atoms with E-state index >= 15 is 0 Å². The summed E-state index contributed by atoms with van der Waals surface area (Å²) < 4.78 is 9.81. The molecule has 0 spiro atoms. The number of nitrogens with zero attached hydrogens (tertiary/aromatic N) is 3. The van der Waals surface area contributed by atoms with Crippen molar-refractivity contribution in [2.75, 3.05) is 13.7 Å². The minimum atomic E-state index is -0.260. The second-order valence-electron chi connectivity index (χ2n) is 3.90. The SMILES string of the molecule is COCc1cc(C(=O)NCCCc2ncn[nH]2)no1. The molecule has 1 amide bonds. The summed E-state index contributed by atoms with van der Waals surface area (Å²) in [6.07, 6.45) is 2.96. The molecule has 0 bridgehead atoms. The Morgan fingerprint density at radius 2 is 2.47 bits per heavy atom. The molecule has 2 heterocycles.